The average Bonchev–Trinajstić information content (AvgIpc) is 1.48. The van der Waals surface area contributed by atoms with E-state index in [9.17, 15) is 0 Å². The molecule has 0 bridgehead atoms. The van der Waals surface area contributed by atoms with E-state index in [0.717, 1.165) is 90.9 Å². The highest BCUT2D eigenvalue weighted by Gasteiger charge is 2.57. The molecule has 12 aromatic carbocycles. The van der Waals surface area contributed by atoms with Gasteiger partial charge in [0, 0.05) is 82.4 Å². The summed E-state index contributed by atoms with van der Waals surface area (Å²) in [5.41, 5.74) is 22.9. The molecule has 0 radical (unpaired) electrons. The third-order valence-electron chi connectivity index (χ3n) is 21.1. The van der Waals surface area contributed by atoms with Crippen LogP contribution < -0.4 is 5.32 Å². The predicted molar refractivity (Wildman–Crippen MR) is 409 cm³/mol. The molecule has 15 aromatic rings. The molecular weight excluding hydrogens is 1240 g/mol. The maximum atomic E-state index is 5.35. The number of rotatable bonds is 10. The van der Waals surface area contributed by atoms with Crippen molar-refractivity contribution in [3.63, 3.8) is 0 Å². The molecule has 1 N–H and O–H groups in total. The molecule has 9 heteroatoms. The average molecular weight is 1300 g/mol. The number of allylic oxidation sites excluding steroid dienone is 8. The zero-order valence-corrected chi connectivity index (χ0v) is 55.2. The van der Waals surface area contributed by atoms with E-state index in [1.165, 1.54) is 70.5 Å². The number of para-hydroxylation sites is 2. The minimum Gasteiger partial charge on any atom is -0.344 e. The number of benzene rings is 12. The van der Waals surface area contributed by atoms with E-state index in [4.69, 9.17) is 24.9 Å². The van der Waals surface area contributed by atoms with Gasteiger partial charge in [-0.25, -0.2) is 24.9 Å². The molecule has 20 rings (SSSR count). The highest BCUT2D eigenvalue weighted by atomic mass is 32.2. The lowest BCUT2D eigenvalue weighted by Crippen LogP contribution is -2.39. The first kappa shape index (κ1) is 57.9. The minimum atomic E-state index is -0.410. The van der Waals surface area contributed by atoms with Gasteiger partial charge in [-0.15, -0.1) is 0 Å². The van der Waals surface area contributed by atoms with Crippen LogP contribution >= 0.6 is 11.8 Å². The molecule has 472 valence electrons. The van der Waals surface area contributed by atoms with E-state index >= 15 is 0 Å². The fraction of sp³-hybridized carbons (Fsp3) is 0.0659. The van der Waals surface area contributed by atoms with Crippen molar-refractivity contribution in [2.45, 2.75) is 34.2 Å². The Hall–Kier alpha value is -12.3. The maximum absolute atomic E-state index is 5.35. The van der Waals surface area contributed by atoms with Crippen molar-refractivity contribution in [2.24, 2.45) is 21.8 Å². The van der Waals surface area contributed by atoms with Gasteiger partial charge in [0.25, 0.3) is 0 Å². The summed E-state index contributed by atoms with van der Waals surface area (Å²) in [4.78, 5) is 28.5. The fourth-order valence-electron chi connectivity index (χ4n) is 16.8. The first-order valence-corrected chi connectivity index (χ1v) is 35.3. The minimum absolute atomic E-state index is 0.162. The Kier molecular flexibility index (Phi) is 13.6. The molecule has 0 amide bonds. The molecule has 4 unspecified atom stereocenters. The van der Waals surface area contributed by atoms with Crippen LogP contribution in [0.1, 0.15) is 52.4 Å². The van der Waals surface area contributed by atoms with Crippen LogP contribution in [0.5, 0.6) is 0 Å². The van der Waals surface area contributed by atoms with Crippen LogP contribution in [0.2, 0.25) is 0 Å². The van der Waals surface area contributed by atoms with Gasteiger partial charge >= 0.3 is 0 Å². The van der Waals surface area contributed by atoms with Crippen LogP contribution in [-0.2, 0) is 5.41 Å². The molecule has 3 aromatic heterocycles. The first-order valence-electron chi connectivity index (χ1n) is 34.5. The van der Waals surface area contributed by atoms with Crippen molar-refractivity contribution in [2.75, 3.05) is 0 Å². The van der Waals surface area contributed by atoms with Gasteiger partial charge in [0.2, 0.25) is 0 Å². The Morgan fingerprint density at radius 2 is 0.990 bits per heavy atom. The number of hydrogen-bond donors (Lipinski definition) is 1. The SMILES string of the molecule is C1=CC2C3=C(CCC(c4ccc5c6c(C7=NC(c8ccccc8)=NC(c8ccccc8)N7)cccc6n(-c6ccccc6)c5c4)=C3)C3(c4ccccc4Sc4c(-c5ccc6c7ccccc7n(-c7cccc(-c8nc(-c9ccccc9)nc(-c9ccccc9)n8)c7)c6c5)cccc43)C2C=C1. The number of aromatic nitrogens is 5. The molecule has 0 saturated carbocycles. The van der Waals surface area contributed by atoms with E-state index in [1.807, 2.05) is 54.2 Å². The number of aliphatic imine (C=N–C) groups is 2. The van der Waals surface area contributed by atoms with Gasteiger partial charge in [-0.05, 0) is 112 Å². The zero-order chi connectivity index (χ0) is 65.8. The number of amidine groups is 2. The number of fused-ring (bicyclic) bond motifs is 14. The Bertz CT molecular complexity index is 5990. The number of hydrogen-bond acceptors (Lipinski definition) is 7. The molecule has 3 aliphatic carbocycles. The normalized spacial score (nSPS) is 18.2. The van der Waals surface area contributed by atoms with Crippen molar-refractivity contribution in [1.29, 1.82) is 0 Å². The highest BCUT2D eigenvalue weighted by Crippen LogP contribution is 2.67. The Balaban J connectivity index is 0.716. The highest BCUT2D eigenvalue weighted by molar-refractivity contribution is 7.99. The molecular formula is C91H62N8S. The van der Waals surface area contributed by atoms with Gasteiger partial charge in [0.15, 0.2) is 23.3 Å². The quantitative estimate of drug-likeness (QED) is 0.147. The monoisotopic (exact) mass is 1300 g/mol. The van der Waals surface area contributed by atoms with Crippen molar-refractivity contribution in [3.8, 4) is 56.7 Å². The molecule has 0 saturated heterocycles. The Morgan fingerprint density at radius 1 is 0.420 bits per heavy atom. The lowest BCUT2D eigenvalue weighted by atomic mass is 9.61. The van der Waals surface area contributed by atoms with Crippen molar-refractivity contribution in [3.05, 3.63) is 372 Å². The van der Waals surface area contributed by atoms with Gasteiger partial charge in [-0.2, -0.15) is 0 Å². The number of nitrogens with one attached hydrogen (secondary N) is 1. The van der Waals surface area contributed by atoms with Crippen molar-refractivity contribution >= 4 is 72.6 Å². The van der Waals surface area contributed by atoms with Crippen LogP contribution in [0.4, 0.5) is 0 Å². The second-order valence-corrected chi connectivity index (χ2v) is 27.6. The van der Waals surface area contributed by atoms with Crippen molar-refractivity contribution < 1.29 is 0 Å². The summed E-state index contributed by atoms with van der Waals surface area (Å²) in [5, 5.41) is 8.52. The second kappa shape index (κ2) is 23.5. The third-order valence-corrected chi connectivity index (χ3v) is 22.3. The van der Waals surface area contributed by atoms with Gasteiger partial charge in [0.1, 0.15) is 12.0 Å². The molecule has 100 heavy (non-hydrogen) atoms. The molecule has 1 spiro atoms. The topological polar surface area (TPSA) is 85.3 Å². The Labute approximate surface area is 583 Å². The summed E-state index contributed by atoms with van der Waals surface area (Å²) >= 11 is 1.94. The summed E-state index contributed by atoms with van der Waals surface area (Å²) in [5.74, 6) is 3.73. The first-order chi connectivity index (χ1) is 49.6. The lowest BCUT2D eigenvalue weighted by molar-refractivity contribution is 0.405. The summed E-state index contributed by atoms with van der Waals surface area (Å²) in [6.07, 6.45) is 13.7. The van der Waals surface area contributed by atoms with E-state index in [1.54, 1.807) is 0 Å². The van der Waals surface area contributed by atoms with E-state index in [0.29, 0.717) is 23.3 Å². The van der Waals surface area contributed by atoms with Crippen LogP contribution in [-0.4, -0.2) is 35.8 Å². The van der Waals surface area contributed by atoms with Crippen LogP contribution in [0, 0.1) is 11.8 Å². The standard InChI is InChI=1S/C91H62N8S/c1-6-25-57(26-7-1)85-92-86(58-27-8-2-9-28-58)95-89(94-85)64-33-22-36-66(53-64)99-78-44-20-17-38-69(78)70-50-48-63(56-80(70)99)67-39-23-43-77-84(67)100-82-46-21-19-42-76(82)91(77)74-41-18-16-37-68(74)73-54-61(49-52-75(73)91)62-47-51-71-81(55-62)98(65-34-14-5-15-35-65)79-45-24-40-72(83(71)79)90-96-87(59-29-10-3-11-30-59)93-88(97-90)60-31-12-4-13-32-60/h1-48,50-51,53-56,68,74,87H,49,52H2,(H,93,96,97). The van der Waals surface area contributed by atoms with Gasteiger partial charge in [-0.3, -0.25) is 0 Å². The zero-order valence-electron chi connectivity index (χ0n) is 54.4. The maximum Gasteiger partial charge on any atom is 0.164 e. The molecule has 2 aliphatic heterocycles. The molecule has 4 atom stereocenters. The van der Waals surface area contributed by atoms with Gasteiger partial charge in [-0.1, -0.05) is 290 Å². The largest absolute Gasteiger partial charge is 0.344 e. The summed E-state index contributed by atoms with van der Waals surface area (Å²) in [7, 11) is 0. The van der Waals surface area contributed by atoms with Crippen LogP contribution in [0.3, 0.4) is 0 Å². The number of nitrogens with zero attached hydrogens (tertiary/aromatic N) is 7. The molecule has 0 fully saturated rings. The van der Waals surface area contributed by atoms with E-state index in [2.05, 4.69) is 300 Å². The van der Waals surface area contributed by atoms with Crippen molar-refractivity contribution in [1.82, 2.24) is 29.4 Å². The van der Waals surface area contributed by atoms with Crippen LogP contribution in [0.25, 0.3) is 106 Å². The van der Waals surface area contributed by atoms with Gasteiger partial charge < -0.3 is 14.5 Å². The smallest absolute Gasteiger partial charge is 0.164 e. The summed E-state index contributed by atoms with van der Waals surface area (Å²) in [6.45, 7) is 0. The molecule has 5 heterocycles. The lowest BCUT2D eigenvalue weighted by Gasteiger charge is -2.45. The van der Waals surface area contributed by atoms with Crippen LogP contribution in [0.15, 0.2) is 359 Å². The van der Waals surface area contributed by atoms with E-state index in [-0.39, 0.29) is 18.0 Å². The Morgan fingerprint density at radius 3 is 1.78 bits per heavy atom. The summed E-state index contributed by atoms with van der Waals surface area (Å²) in [6, 6.07) is 107. The molecule has 5 aliphatic rings. The molecule has 8 nitrogen and oxygen atoms in total. The third kappa shape index (κ3) is 9.26. The second-order valence-electron chi connectivity index (χ2n) is 26.5. The van der Waals surface area contributed by atoms with Gasteiger partial charge in [0.05, 0.1) is 27.5 Å². The summed E-state index contributed by atoms with van der Waals surface area (Å²) < 4.78 is 4.88. The fourth-order valence-corrected chi connectivity index (χ4v) is 18.1. The predicted octanol–water partition coefficient (Wildman–Crippen LogP) is 21.5. The van der Waals surface area contributed by atoms with E-state index < -0.39 is 5.41 Å².